The van der Waals surface area contributed by atoms with Crippen LogP contribution >= 0.6 is 0 Å². The van der Waals surface area contributed by atoms with Crippen molar-refractivity contribution in [1.29, 1.82) is 0 Å². The standard InChI is InChI=1S/C17H20N2O2/c1-4-11(2)18-16(20)15-10-14(12(3)19-17(15)21)13-8-6-5-7-9-13/h5-11H,4H2,1-3H3,(H,18,20)(H,19,21). The molecule has 4 nitrogen and oxygen atoms in total. The molecule has 0 radical (unpaired) electrons. The highest BCUT2D eigenvalue weighted by molar-refractivity contribution is 5.95. The number of pyridine rings is 1. The first-order valence-corrected chi connectivity index (χ1v) is 7.13. The van der Waals surface area contributed by atoms with Gasteiger partial charge in [-0.3, -0.25) is 9.59 Å². The van der Waals surface area contributed by atoms with Crippen LogP contribution in [0.2, 0.25) is 0 Å². The second-order valence-corrected chi connectivity index (χ2v) is 5.20. The van der Waals surface area contributed by atoms with E-state index in [4.69, 9.17) is 0 Å². The molecular weight excluding hydrogens is 264 g/mol. The molecule has 0 fully saturated rings. The zero-order valence-corrected chi connectivity index (χ0v) is 12.6. The summed E-state index contributed by atoms with van der Waals surface area (Å²) < 4.78 is 0. The van der Waals surface area contributed by atoms with Crippen LogP contribution in [0.25, 0.3) is 11.1 Å². The van der Waals surface area contributed by atoms with Gasteiger partial charge in [-0.25, -0.2) is 0 Å². The highest BCUT2D eigenvalue weighted by Crippen LogP contribution is 2.21. The van der Waals surface area contributed by atoms with Gasteiger partial charge in [0.25, 0.3) is 11.5 Å². The normalized spacial score (nSPS) is 12.0. The average Bonchev–Trinajstić information content (AvgIpc) is 2.47. The maximum atomic E-state index is 12.2. The van der Waals surface area contributed by atoms with E-state index in [1.54, 1.807) is 6.07 Å². The zero-order valence-electron chi connectivity index (χ0n) is 12.6. The highest BCUT2D eigenvalue weighted by Gasteiger charge is 2.15. The molecule has 2 N–H and O–H groups in total. The molecule has 0 saturated carbocycles. The number of hydrogen-bond donors (Lipinski definition) is 2. The van der Waals surface area contributed by atoms with Crippen molar-refractivity contribution in [3.05, 3.63) is 58.0 Å². The minimum Gasteiger partial charge on any atom is -0.349 e. The Hall–Kier alpha value is -2.36. The van der Waals surface area contributed by atoms with E-state index >= 15 is 0 Å². The molecule has 1 heterocycles. The summed E-state index contributed by atoms with van der Waals surface area (Å²) in [6, 6.07) is 11.4. The van der Waals surface area contributed by atoms with Crippen LogP contribution in [0.1, 0.15) is 36.3 Å². The summed E-state index contributed by atoms with van der Waals surface area (Å²) in [5.74, 6) is -0.331. The van der Waals surface area contributed by atoms with Gasteiger partial charge >= 0.3 is 0 Å². The molecule has 2 rings (SSSR count). The van der Waals surface area contributed by atoms with Crippen molar-refractivity contribution in [3.63, 3.8) is 0 Å². The second-order valence-electron chi connectivity index (χ2n) is 5.20. The number of rotatable bonds is 4. The first kappa shape index (κ1) is 15.0. The topological polar surface area (TPSA) is 62.0 Å². The number of benzene rings is 1. The quantitative estimate of drug-likeness (QED) is 0.907. The maximum Gasteiger partial charge on any atom is 0.261 e. The van der Waals surface area contributed by atoms with Gasteiger partial charge in [0.05, 0.1) is 0 Å². The van der Waals surface area contributed by atoms with Crippen LogP contribution in [0, 0.1) is 6.92 Å². The molecule has 2 aromatic rings. The molecular formula is C17H20N2O2. The van der Waals surface area contributed by atoms with Crippen LogP contribution in [-0.2, 0) is 0 Å². The SMILES string of the molecule is CCC(C)NC(=O)c1cc(-c2ccccc2)c(C)[nH]c1=O. The van der Waals surface area contributed by atoms with E-state index < -0.39 is 0 Å². The number of aromatic nitrogens is 1. The third-order valence-corrected chi connectivity index (χ3v) is 3.56. The third kappa shape index (κ3) is 3.40. The molecule has 110 valence electrons. The van der Waals surface area contributed by atoms with Crippen molar-refractivity contribution in [2.24, 2.45) is 0 Å². The molecule has 0 aliphatic heterocycles. The first-order chi connectivity index (χ1) is 10.0. The van der Waals surface area contributed by atoms with Crippen molar-refractivity contribution in [2.75, 3.05) is 0 Å². The van der Waals surface area contributed by atoms with Gasteiger partial charge in [-0.05, 0) is 31.9 Å². The number of amides is 1. The van der Waals surface area contributed by atoms with E-state index in [1.807, 2.05) is 51.1 Å². The number of aryl methyl sites for hydroxylation is 1. The molecule has 0 bridgehead atoms. The van der Waals surface area contributed by atoms with Crippen molar-refractivity contribution >= 4 is 5.91 Å². The van der Waals surface area contributed by atoms with Crippen LogP contribution < -0.4 is 10.9 Å². The van der Waals surface area contributed by atoms with Crippen molar-refractivity contribution in [3.8, 4) is 11.1 Å². The minimum atomic E-state index is -0.354. The van der Waals surface area contributed by atoms with E-state index in [1.165, 1.54) is 0 Å². The fraction of sp³-hybridized carbons (Fsp3) is 0.294. The van der Waals surface area contributed by atoms with Gasteiger partial charge in [0.15, 0.2) is 0 Å². The average molecular weight is 284 g/mol. The predicted molar refractivity (Wildman–Crippen MR) is 84.5 cm³/mol. The first-order valence-electron chi connectivity index (χ1n) is 7.13. The van der Waals surface area contributed by atoms with Gasteiger partial charge < -0.3 is 10.3 Å². The van der Waals surface area contributed by atoms with E-state index in [-0.39, 0.29) is 23.1 Å². The predicted octanol–water partition coefficient (Wildman–Crippen LogP) is 2.88. The number of aromatic amines is 1. The summed E-state index contributed by atoms with van der Waals surface area (Å²) in [7, 11) is 0. The number of carbonyl (C=O) groups excluding carboxylic acids is 1. The Balaban J connectivity index is 2.44. The Morgan fingerprint density at radius 2 is 1.95 bits per heavy atom. The molecule has 0 spiro atoms. The summed E-state index contributed by atoms with van der Waals surface area (Å²) in [6.45, 7) is 5.73. The molecule has 0 saturated heterocycles. The summed E-state index contributed by atoms with van der Waals surface area (Å²) >= 11 is 0. The van der Waals surface area contributed by atoms with Crippen LogP contribution in [0.4, 0.5) is 0 Å². The molecule has 1 amide bonds. The van der Waals surface area contributed by atoms with Crippen LogP contribution in [-0.4, -0.2) is 16.9 Å². The summed E-state index contributed by atoms with van der Waals surface area (Å²) in [4.78, 5) is 27.0. The van der Waals surface area contributed by atoms with E-state index in [0.717, 1.165) is 23.2 Å². The van der Waals surface area contributed by atoms with Crippen molar-refractivity contribution in [2.45, 2.75) is 33.2 Å². The molecule has 0 aliphatic carbocycles. The molecule has 4 heteroatoms. The molecule has 1 atom stereocenters. The minimum absolute atomic E-state index is 0.0402. The molecule has 1 unspecified atom stereocenters. The third-order valence-electron chi connectivity index (χ3n) is 3.56. The Kier molecular flexibility index (Phi) is 4.58. The van der Waals surface area contributed by atoms with E-state index in [9.17, 15) is 9.59 Å². The molecule has 0 aliphatic rings. The van der Waals surface area contributed by atoms with Crippen LogP contribution in [0.15, 0.2) is 41.2 Å². The summed E-state index contributed by atoms with van der Waals surface area (Å²) in [5.41, 5.74) is 2.40. The van der Waals surface area contributed by atoms with Crippen LogP contribution in [0.5, 0.6) is 0 Å². The zero-order chi connectivity index (χ0) is 15.4. The second kappa shape index (κ2) is 6.39. The summed E-state index contributed by atoms with van der Waals surface area (Å²) in [6.07, 6.45) is 0.820. The lowest BCUT2D eigenvalue weighted by atomic mass is 10.0. The van der Waals surface area contributed by atoms with Gasteiger partial charge in [0, 0.05) is 17.3 Å². The largest absolute Gasteiger partial charge is 0.349 e. The van der Waals surface area contributed by atoms with E-state index in [0.29, 0.717) is 0 Å². The molecule has 1 aromatic heterocycles. The van der Waals surface area contributed by atoms with Gasteiger partial charge in [-0.15, -0.1) is 0 Å². The highest BCUT2D eigenvalue weighted by atomic mass is 16.2. The van der Waals surface area contributed by atoms with Gasteiger partial charge in [-0.1, -0.05) is 37.3 Å². The fourth-order valence-electron chi connectivity index (χ4n) is 2.11. The Morgan fingerprint density at radius 3 is 2.57 bits per heavy atom. The van der Waals surface area contributed by atoms with E-state index in [2.05, 4.69) is 10.3 Å². The molecule has 1 aromatic carbocycles. The maximum absolute atomic E-state index is 12.2. The lowest BCUT2D eigenvalue weighted by molar-refractivity contribution is 0.0938. The lowest BCUT2D eigenvalue weighted by Gasteiger charge is -2.12. The van der Waals surface area contributed by atoms with Crippen molar-refractivity contribution < 1.29 is 4.79 Å². The number of carbonyl (C=O) groups is 1. The van der Waals surface area contributed by atoms with Crippen molar-refractivity contribution in [1.82, 2.24) is 10.3 Å². The lowest BCUT2D eigenvalue weighted by Crippen LogP contribution is -2.35. The van der Waals surface area contributed by atoms with Gasteiger partial charge in [-0.2, -0.15) is 0 Å². The van der Waals surface area contributed by atoms with Gasteiger partial charge in [0.1, 0.15) is 5.56 Å². The number of nitrogens with one attached hydrogen (secondary N) is 2. The Bertz CT molecular complexity index is 690. The fourth-order valence-corrected chi connectivity index (χ4v) is 2.11. The van der Waals surface area contributed by atoms with Crippen LogP contribution in [0.3, 0.4) is 0 Å². The number of H-pyrrole nitrogens is 1. The smallest absolute Gasteiger partial charge is 0.261 e. The molecule has 21 heavy (non-hydrogen) atoms. The van der Waals surface area contributed by atoms with Gasteiger partial charge in [0.2, 0.25) is 0 Å². The summed E-state index contributed by atoms with van der Waals surface area (Å²) in [5, 5.41) is 2.83. The number of hydrogen-bond acceptors (Lipinski definition) is 2. The monoisotopic (exact) mass is 284 g/mol. The Labute approximate surface area is 124 Å². The Morgan fingerprint density at radius 1 is 1.29 bits per heavy atom.